The van der Waals surface area contributed by atoms with Crippen LogP contribution < -0.4 is 9.54 Å². The maximum atomic E-state index is 12.3. The third kappa shape index (κ3) is 4.45. The Morgan fingerprint density at radius 2 is 1.93 bits per heavy atom. The molecule has 1 amide bonds. The van der Waals surface area contributed by atoms with Gasteiger partial charge in [0.05, 0.1) is 22.5 Å². The molecule has 1 aromatic heterocycles. The van der Waals surface area contributed by atoms with Gasteiger partial charge in [0, 0.05) is 18.5 Å². The number of benzene rings is 2. The number of hydrogen-bond acceptors (Lipinski definition) is 5. The molecular formula is C19H19ClN2O4S2. The lowest BCUT2D eigenvalue weighted by molar-refractivity contribution is -0.118. The maximum Gasteiger partial charge on any atom is 0.248 e. The van der Waals surface area contributed by atoms with Gasteiger partial charge in [0.25, 0.3) is 0 Å². The lowest BCUT2D eigenvalue weighted by Crippen LogP contribution is -2.14. The van der Waals surface area contributed by atoms with E-state index in [1.165, 1.54) is 35.6 Å². The summed E-state index contributed by atoms with van der Waals surface area (Å²) in [6, 6.07) is 11.7. The first-order valence-corrected chi connectivity index (χ1v) is 11.3. The highest BCUT2D eigenvalue weighted by Gasteiger charge is 2.15. The largest absolute Gasteiger partial charge is 0.495 e. The van der Waals surface area contributed by atoms with Crippen molar-refractivity contribution < 1.29 is 17.9 Å². The number of amides is 1. The standard InChI is InChI=1S/C19H19ClN2O4S2/c1-22-18-15(26-2)5-3-6-16(18)27-19(22)21-17(23)7-4-12-28(24,25)14-10-8-13(20)9-11-14/h3,5-6,8-11H,4,7,12H2,1-2H3. The minimum Gasteiger partial charge on any atom is -0.495 e. The zero-order valence-electron chi connectivity index (χ0n) is 15.4. The second-order valence-electron chi connectivity index (χ2n) is 6.13. The van der Waals surface area contributed by atoms with Gasteiger partial charge in [-0.2, -0.15) is 4.99 Å². The second-order valence-corrected chi connectivity index (χ2v) is 9.69. The van der Waals surface area contributed by atoms with Crippen LogP contribution in [0.3, 0.4) is 0 Å². The van der Waals surface area contributed by atoms with Crippen LogP contribution in [0, 0.1) is 0 Å². The summed E-state index contributed by atoms with van der Waals surface area (Å²) < 4.78 is 32.8. The van der Waals surface area contributed by atoms with Gasteiger partial charge in [0.15, 0.2) is 14.6 Å². The topological polar surface area (TPSA) is 77.7 Å². The molecule has 0 aliphatic heterocycles. The fourth-order valence-electron chi connectivity index (χ4n) is 2.78. The summed E-state index contributed by atoms with van der Waals surface area (Å²) in [5.41, 5.74) is 0.867. The molecule has 148 valence electrons. The molecule has 9 heteroatoms. The SMILES string of the molecule is COc1cccc2sc(=NC(=O)CCCS(=O)(=O)c3ccc(Cl)cc3)n(C)c12. The van der Waals surface area contributed by atoms with E-state index in [0.717, 1.165) is 10.2 Å². The van der Waals surface area contributed by atoms with Crippen molar-refractivity contribution in [2.75, 3.05) is 12.9 Å². The van der Waals surface area contributed by atoms with Crippen LogP contribution >= 0.6 is 22.9 Å². The normalized spacial score (nSPS) is 12.5. The zero-order chi connectivity index (χ0) is 20.3. The molecule has 0 saturated carbocycles. The first kappa shape index (κ1) is 20.6. The molecule has 0 aliphatic rings. The highest BCUT2D eigenvalue weighted by Crippen LogP contribution is 2.26. The number of aryl methyl sites for hydroxylation is 1. The highest BCUT2D eigenvalue weighted by molar-refractivity contribution is 7.91. The molecule has 3 rings (SSSR count). The van der Waals surface area contributed by atoms with E-state index in [2.05, 4.69) is 4.99 Å². The Labute approximate surface area is 172 Å². The number of ether oxygens (including phenoxy) is 1. The van der Waals surface area contributed by atoms with Gasteiger partial charge in [0.1, 0.15) is 11.3 Å². The van der Waals surface area contributed by atoms with Crippen LogP contribution in [0.4, 0.5) is 0 Å². The Morgan fingerprint density at radius 1 is 1.21 bits per heavy atom. The van der Waals surface area contributed by atoms with E-state index in [0.29, 0.717) is 15.6 Å². The lowest BCUT2D eigenvalue weighted by atomic mass is 10.3. The quantitative estimate of drug-likeness (QED) is 0.589. The predicted octanol–water partition coefficient (Wildman–Crippen LogP) is 3.58. The van der Waals surface area contributed by atoms with Crippen molar-refractivity contribution in [3.05, 3.63) is 52.3 Å². The molecule has 0 aliphatic carbocycles. The first-order chi connectivity index (χ1) is 13.3. The van der Waals surface area contributed by atoms with E-state index in [4.69, 9.17) is 16.3 Å². The van der Waals surface area contributed by atoms with Gasteiger partial charge in [-0.1, -0.05) is 29.0 Å². The number of halogens is 1. The van der Waals surface area contributed by atoms with Gasteiger partial charge in [-0.3, -0.25) is 4.79 Å². The lowest BCUT2D eigenvalue weighted by Gasteiger charge is -2.04. The van der Waals surface area contributed by atoms with Gasteiger partial charge in [0.2, 0.25) is 5.91 Å². The highest BCUT2D eigenvalue weighted by atomic mass is 35.5. The summed E-state index contributed by atoms with van der Waals surface area (Å²) >= 11 is 7.17. The molecule has 0 radical (unpaired) electrons. The van der Waals surface area contributed by atoms with E-state index >= 15 is 0 Å². The number of sulfone groups is 1. The number of nitrogens with zero attached hydrogens (tertiary/aromatic N) is 2. The number of fused-ring (bicyclic) bond motifs is 1. The summed E-state index contributed by atoms with van der Waals surface area (Å²) in [5, 5.41) is 0.473. The smallest absolute Gasteiger partial charge is 0.248 e. The number of methoxy groups -OCH3 is 1. The molecule has 0 unspecified atom stereocenters. The fourth-order valence-corrected chi connectivity index (χ4v) is 5.27. The van der Waals surface area contributed by atoms with Crippen molar-refractivity contribution in [1.82, 2.24) is 4.57 Å². The van der Waals surface area contributed by atoms with Crippen LogP contribution in [0.5, 0.6) is 5.75 Å². The number of thiazole rings is 1. The summed E-state index contributed by atoms with van der Waals surface area (Å²) in [6.07, 6.45) is 0.253. The Morgan fingerprint density at radius 3 is 2.61 bits per heavy atom. The van der Waals surface area contributed by atoms with Crippen LogP contribution in [-0.2, 0) is 21.7 Å². The van der Waals surface area contributed by atoms with Crippen molar-refractivity contribution in [1.29, 1.82) is 0 Å². The summed E-state index contributed by atoms with van der Waals surface area (Å²) in [6.45, 7) is 0. The molecule has 0 N–H and O–H groups in total. The number of para-hydroxylation sites is 1. The molecule has 2 aromatic carbocycles. The van der Waals surface area contributed by atoms with Gasteiger partial charge in [-0.05, 0) is 42.8 Å². The molecule has 6 nitrogen and oxygen atoms in total. The molecule has 28 heavy (non-hydrogen) atoms. The average Bonchev–Trinajstić information content (AvgIpc) is 2.97. The molecule has 0 saturated heterocycles. The third-order valence-corrected chi connectivity index (χ3v) is 7.37. The van der Waals surface area contributed by atoms with Crippen molar-refractivity contribution in [3.8, 4) is 5.75 Å². The number of hydrogen-bond donors (Lipinski definition) is 0. The molecule has 0 atom stereocenters. The molecule has 0 bridgehead atoms. The Bertz CT molecular complexity index is 1180. The first-order valence-electron chi connectivity index (χ1n) is 8.50. The van der Waals surface area contributed by atoms with Crippen LogP contribution in [0.25, 0.3) is 10.2 Å². The number of rotatable bonds is 6. The zero-order valence-corrected chi connectivity index (χ0v) is 17.8. The van der Waals surface area contributed by atoms with Crippen LogP contribution in [0.15, 0.2) is 52.4 Å². The van der Waals surface area contributed by atoms with Gasteiger partial charge < -0.3 is 9.30 Å². The third-order valence-electron chi connectivity index (χ3n) is 4.20. The molecular weight excluding hydrogens is 420 g/mol. The average molecular weight is 439 g/mol. The Hall–Kier alpha value is -2.16. The predicted molar refractivity (Wildman–Crippen MR) is 111 cm³/mol. The van der Waals surface area contributed by atoms with E-state index in [1.54, 1.807) is 11.7 Å². The van der Waals surface area contributed by atoms with E-state index in [9.17, 15) is 13.2 Å². The van der Waals surface area contributed by atoms with E-state index < -0.39 is 9.84 Å². The maximum absolute atomic E-state index is 12.3. The number of carbonyl (C=O) groups is 1. The van der Waals surface area contributed by atoms with Crippen LogP contribution in [0.1, 0.15) is 12.8 Å². The number of aromatic nitrogens is 1. The van der Waals surface area contributed by atoms with Crippen molar-refractivity contribution in [2.45, 2.75) is 17.7 Å². The monoisotopic (exact) mass is 438 g/mol. The van der Waals surface area contributed by atoms with Crippen LogP contribution in [0.2, 0.25) is 5.02 Å². The fraction of sp³-hybridized carbons (Fsp3) is 0.263. The summed E-state index contributed by atoms with van der Waals surface area (Å²) in [4.78, 5) is 17.1. The van der Waals surface area contributed by atoms with Crippen LogP contribution in [-0.4, -0.2) is 31.8 Å². The van der Waals surface area contributed by atoms with E-state index in [1.807, 2.05) is 25.2 Å². The molecule has 0 fully saturated rings. The van der Waals surface area contributed by atoms with Gasteiger partial charge in [-0.15, -0.1) is 0 Å². The molecule has 3 aromatic rings. The summed E-state index contributed by atoms with van der Waals surface area (Å²) in [5.74, 6) is 0.231. The van der Waals surface area contributed by atoms with Crippen molar-refractivity contribution in [2.24, 2.45) is 12.0 Å². The molecule has 1 heterocycles. The second kappa shape index (κ2) is 8.46. The van der Waals surface area contributed by atoms with E-state index in [-0.39, 0.29) is 29.4 Å². The van der Waals surface area contributed by atoms with Gasteiger partial charge >= 0.3 is 0 Å². The van der Waals surface area contributed by atoms with Crippen molar-refractivity contribution >= 4 is 48.9 Å². The minimum absolute atomic E-state index is 0.0538. The Kier molecular flexibility index (Phi) is 6.22. The summed E-state index contributed by atoms with van der Waals surface area (Å²) in [7, 11) is -0.0442. The van der Waals surface area contributed by atoms with Crippen molar-refractivity contribution in [3.63, 3.8) is 0 Å². The molecule has 0 spiro atoms. The number of carbonyl (C=O) groups excluding carboxylic acids is 1. The Balaban J connectivity index is 1.71. The van der Waals surface area contributed by atoms with Gasteiger partial charge in [-0.25, -0.2) is 8.42 Å². The minimum atomic E-state index is -3.45.